The second-order valence-electron chi connectivity index (χ2n) is 5.26. The third-order valence-electron chi connectivity index (χ3n) is 3.62. The highest BCUT2D eigenvalue weighted by Crippen LogP contribution is 2.27. The fourth-order valence-corrected chi connectivity index (χ4v) is 4.39. The molecule has 1 aliphatic rings. The molecule has 6 nitrogen and oxygen atoms in total. The van der Waals surface area contributed by atoms with Crippen molar-refractivity contribution in [2.75, 3.05) is 30.5 Å². The standard InChI is InChI=1S/C13H21N3O3S/c1-4-11-7-10(2)15-12(16-11)14-8-13(19-3)5-6-20(17,18)9-13/h7H,4-6,8-9H2,1-3H3,(H,14,15,16). The van der Waals surface area contributed by atoms with Crippen molar-refractivity contribution in [1.29, 1.82) is 0 Å². The molecule has 2 rings (SSSR count). The fraction of sp³-hybridized carbons (Fsp3) is 0.692. The molecule has 0 bridgehead atoms. The smallest absolute Gasteiger partial charge is 0.223 e. The summed E-state index contributed by atoms with van der Waals surface area (Å²) in [6.07, 6.45) is 1.34. The van der Waals surface area contributed by atoms with Gasteiger partial charge < -0.3 is 10.1 Å². The van der Waals surface area contributed by atoms with Crippen LogP contribution < -0.4 is 5.32 Å². The van der Waals surface area contributed by atoms with Gasteiger partial charge in [0.1, 0.15) is 0 Å². The summed E-state index contributed by atoms with van der Waals surface area (Å²) in [6, 6.07) is 1.94. The molecule has 0 radical (unpaired) electrons. The maximum Gasteiger partial charge on any atom is 0.223 e. The van der Waals surface area contributed by atoms with E-state index in [1.54, 1.807) is 7.11 Å². The first kappa shape index (κ1) is 15.2. The lowest BCUT2D eigenvalue weighted by molar-refractivity contribution is 0.0240. The highest BCUT2D eigenvalue weighted by Gasteiger charge is 2.42. The summed E-state index contributed by atoms with van der Waals surface area (Å²) in [5, 5.41) is 3.12. The van der Waals surface area contributed by atoms with E-state index in [1.807, 2.05) is 19.9 Å². The zero-order valence-electron chi connectivity index (χ0n) is 12.1. The van der Waals surface area contributed by atoms with Crippen LogP contribution in [0.5, 0.6) is 0 Å². The van der Waals surface area contributed by atoms with Crippen LogP contribution in [0, 0.1) is 6.92 Å². The summed E-state index contributed by atoms with van der Waals surface area (Å²) < 4.78 is 28.7. The maximum atomic E-state index is 11.6. The third-order valence-corrected chi connectivity index (χ3v) is 5.41. The quantitative estimate of drug-likeness (QED) is 0.872. The largest absolute Gasteiger partial charge is 0.375 e. The van der Waals surface area contributed by atoms with Gasteiger partial charge in [0.25, 0.3) is 0 Å². The molecule has 1 fully saturated rings. The van der Waals surface area contributed by atoms with Gasteiger partial charge in [-0.15, -0.1) is 0 Å². The van der Waals surface area contributed by atoms with Crippen LogP contribution in [0.3, 0.4) is 0 Å². The lowest BCUT2D eigenvalue weighted by atomic mass is 10.0. The molecule has 1 aliphatic heterocycles. The molecule has 1 atom stereocenters. The number of nitrogens with one attached hydrogen (secondary N) is 1. The van der Waals surface area contributed by atoms with Gasteiger partial charge in [0.05, 0.1) is 17.1 Å². The molecule has 7 heteroatoms. The van der Waals surface area contributed by atoms with Gasteiger partial charge in [0, 0.05) is 25.0 Å². The normalized spacial score (nSPS) is 24.8. The van der Waals surface area contributed by atoms with Crippen LogP contribution in [0.15, 0.2) is 6.07 Å². The minimum absolute atomic E-state index is 0.0515. The summed E-state index contributed by atoms with van der Waals surface area (Å²) in [4.78, 5) is 8.70. The Bertz CT molecular complexity index is 589. The van der Waals surface area contributed by atoms with Gasteiger partial charge in [-0.05, 0) is 25.8 Å². The summed E-state index contributed by atoms with van der Waals surface area (Å²) in [5.41, 5.74) is 1.19. The lowest BCUT2D eigenvalue weighted by Gasteiger charge is -2.26. The number of hydrogen-bond donors (Lipinski definition) is 1. The number of methoxy groups -OCH3 is 1. The van der Waals surface area contributed by atoms with Crippen LogP contribution in [-0.4, -0.2) is 49.1 Å². The van der Waals surface area contributed by atoms with Gasteiger partial charge in [0.15, 0.2) is 9.84 Å². The van der Waals surface area contributed by atoms with Gasteiger partial charge in [-0.25, -0.2) is 18.4 Å². The van der Waals surface area contributed by atoms with Gasteiger partial charge >= 0.3 is 0 Å². The molecule has 0 saturated carbocycles. The number of sulfone groups is 1. The number of anilines is 1. The van der Waals surface area contributed by atoms with Crippen molar-refractivity contribution >= 4 is 15.8 Å². The molecule has 1 aromatic rings. The van der Waals surface area contributed by atoms with Crippen LogP contribution in [-0.2, 0) is 21.0 Å². The van der Waals surface area contributed by atoms with Crippen LogP contribution in [0.2, 0.25) is 0 Å². The van der Waals surface area contributed by atoms with E-state index in [0.717, 1.165) is 17.8 Å². The van der Waals surface area contributed by atoms with E-state index in [9.17, 15) is 8.42 Å². The summed E-state index contributed by atoms with van der Waals surface area (Å²) in [7, 11) is -1.44. The molecule has 112 valence electrons. The monoisotopic (exact) mass is 299 g/mol. The van der Waals surface area contributed by atoms with Crippen LogP contribution in [0.25, 0.3) is 0 Å². The van der Waals surface area contributed by atoms with Crippen molar-refractivity contribution in [3.8, 4) is 0 Å². The van der Waals surface area contributed by atoms with E-state index in [1.165, 1.54) is 0 Å². The Hall–Kier alpha value is -1.21. The summed E-state index contributed by atoms with van der Waals surface area (Å²) in [6.45, 7) is 4.35. The van der Waals surface area contributed by atoms with Crippen LogP contribution in [0.4, 0.5) is 5.95 Å². The molecule has 0 aliphatic carbocycles. The first-order valence-corrected chi connectivity index (χ1v) is 8.54. The first-order valence-electron chi connectivity index (χ1n) is 6.72. The minimum atomic E-state index is -3.00. The molecule has 1 unspecified atom stereocenters. The lowest BCUT2D eigenvalue weighted by Crippen LogP contribution is -2.40. The maximum absolute atomic E-state index is 11.6. The predicted molar refractivity (Wildman–Crippen MR) is 77.6 cm³/mol. The van der Waals surface area contributed by atoms with Crippen molar-refractivity contribution in [3.63, 3.8) is 0 Å². The average Bonchev–Trinajstić information content (AvgIpc) is 2.72. The molecule has 0 amide bonds. The molecular formula is C13H21N3O3S. The zero-order chi connectivity index (χ0) is 14.8. The number of aryl methyl sites for hydroxylation is 2. The number of rotatable bonds is 5. The molecule has 0 aromatic carbocycles. The van der Waals surface area contributed by atoms with Gasteiger partial charge in [-0.2, -0.15) is 0 Å². The summed E-state index contributed by atoms with van der Waals surface area (Å²) in [5.74, 6) is 0.760. The van der Waals surface area contributed by atoms with Crippen molar-refractivity contribution in [1.82, 2.24) is 9.97 Å². The van der Waals surface area contributed by atoms with Crippen molar-refractivity contribution in [2.24, 2.45) is 0 Å². The van der Waals surface area contributed by atoms with Gasteiger partial charge in [-0.1, -0.05) is 6.92 Å². The Morgan fingerprint density at radius 3 is 2.75 bits per heavy atom. The Morgan fingerprint density at radius 1 is 1.45 bits per heavy atom. The highest BCUT2D eigenvalue weighted by atomic mass is 32.2. The second kappa shape index (κ2) is 5.65. The SMILES string of the molecule is CCc1cc(C)nc(NCC2(OC)CCS(=O)(=O)C2)n1. The van der Waals surface area contributed by atoms with Crippen LogP contribution >= 0.6 is 0 Å². The van der Waals surface area contributed by atoms with E-state index < -0.39 is 15.4 Å². The van der Waals surface area contributed by atoms with Crippen molar-refractivity contribution in [3.05, 3.63) is 17.5 Å². The Labute approximate surface area is 119 Å². The molecule has 1 N–H and O–H groups in total. The highest BCUT2D eigenvalue weighted by molar-refractivity contribution is 7.91. The Balaban J connectivity index is 2.09. The third kappa shape index (κ3) is 3.46. The van der Waals surface area contributed by atoms with Crippen molar-refractivity contribution < 1.29 is 13.2 Å². The van der Waals surface area contributed by atoms with Crippen LogP contribution in [0.1, 0.15) is 24.7 Å². The number of ether oxygens (including phenoxy) is 1. The zero-order valence-corrected chi connectivity index (χ0v) is 13.0. The Morgan fingerprint density at radius 2 is 2.20 bits per heavy atom. The Kier molecular flexibility index (Phi) is 4.29. The molecule has 2 heterocycles. The topological polar surface area (TPSA) is 81.2 Å². The number of hydrogen-bond acceptors (Lipinski definition) is 6. The van der Waals surface area contributed by atoms with E-state index in [-0.39, 0.29) is 11.5 Å². The predicted octanol–water partition coefficient (Wildman–Crippen LogP) is 0.963. The fourth-order valence-electron chi connectivity index (χ4n) is 2.39. The average molecular weight is 299 g/mol. The second-order valence-corrected chi connectivity index (χ2v) is 7.44. The molecule has 0 spiro atoms. The molecule has 1 saturated heterocycles. The van der Waals surface area contributed by atoms with E-state index in [0.29, 0.717) is 18.9 Å². The minimum Gasteiger partial charge on any atom is -0.375 e. The van der Waals surface area contributed by atoms with Crippen molar-refractivity contribution in [2.45, 2.75) is 32.3 Å². The van der Waals surface area contributed by atoms with Gasteiger partial charge in [0.2, 0.25) is 5.95 Å². The molecular weight excluding hydrogens is 278 g/mol. The van der Waals surface area contributed by atoms with E-state index in [4.69, 9.17) is 4.74 Å². The van der Waals surface area contributed by atoms with E-state index >= 15 is 0 Å². The first-order chi connectivity index (χ1) is 9.38. The van der Waals surface area contributed by atoms with E-state index in [2.05, 4.69) is 15.3 Å². The molecule has 1 aromatic heterocycles. The molecule has 20 heavy (non-hydrogen) atoms. The number of aromatic nitrogens is 2. The number of nitrogens with zero attached hydrogens (tertiary/aromatic N) is 2. The summed E-state index contributed by atoms with van der Waals surface area (Å²) >= 11 is 0. The van der Waals surface area contributed by atoms with Gasteiger partial charge in [-0.3, -0.25) is 0 Å².